The van der Waals surface area contributed by atoms with Crippen LogP contribution in [0.15, 0.2) is 59.8 Å². The van der Waals surface area contributed by atoms with E-state index in [9.17, 15) is 20.4 Å². The fourth-order valence-corrected chi connectivity index (χ4v) is 12.0. The summed E-state index contributed by atoms with van der Waals surface area (Å²) in [7, 11) is 0. The highest BCUT2D eigenvalue weighted by atomic mass is 16.5. The zero-order valence-corrected chi connectivity index (χ0v) is 27.1. The molecule has 4 heterocycles. The minimum absolute atomic E-state index is 0.0885. The van der Waals surface area contributed by atoms with Gasteiger partial charge in [0.05, 0.1) is 33.5 Å². The summed E-state index contributed by atoms with van der Waals surface area (Å²) in [4.78, 5) is 4.68. The molecular weight excluding hydrogens is 608 g/mol. The van der Waals surface area contributed by atoms with Gasteiger partial charge in [-0.05, 0) is 74.6 Å². The van der Waals surface area contributed by atoms with Gasteiger partial charge < -0.3 is 29.9 Å². The van der Waals surface area contributed by atoms with E-state index >= 15 is 0 Å². The highest BCUT2D eigenvalue weighted by molar-refractivity contribution is 5.97. The number of hydrogen-bond acceptors (Lipinski definition) is 10. The Hall–Kier alpha value is -3.70. The second-order valence-electron chi connectivity index (χ2n) is 15.4. The number of aliphatic hydroxyl groups is 2. The fraction of sp³-hybridized carbons (Fsp3) is 0.526. The minimum atomic E-state index is -1.06. The molecule has 4 fully saturated rings. The number of piperidine rings is 2. The first-order chi connectivity index (χ1) is 23.2. The van der Waals surface area contributed by atoms with Crippen molar-refractivity contribution in [3.8, 4) is 23.0 Å². The van der Waals surface area contributed by atoms with Crippen LogP contribution in [0.2, 0.25) is 0 Å². The second-order valence-corrected chi connectivity index (χ2v) is 15.4. The zero-order valence-electron chi connectivity index (χ0n) is 27.1. The third-order valence-electron chi connectivity index (χ3n) is 13.8. The fourth-order valence-electron chi connectivity index (χ4n) is 12.0. The molecule has 8 atom stereocenters. The van der Waals surface area contributed by atoms with Crippen LogP contribution in [0.4, 0.5) is 0 Å². The zero-order chi connectivity index (χ0) is 32.8. The topological polar surface area (TPSA) is 131 Å². The summed E-state index contributed by atoms with van der Waals surface area (Å²) in [6.07, 6.45) is 7.42. The first-order valence-corrected chi connectivity index (χ1v) is 17.5. The molecule has 0 amide bonds. The molecule has 0 unspecified atom stereocenters. The number of phenolic OH excluding ortho intramolecular Hbond substituents is 2. The van der Waals surface area contributed by atoms with E-state index in [-0.39, 0.29) is 23.6 Å². The van der Waals surface area contributed by atoms with Crippen molar-refractivity contribution in [2.24, 2.45) is 10.2 Å². The molecule has 0 radical (unpaired) electrons. The summed E-state index contributed by atoms with van der Waals surface area (Å²) in [5.41, 5.74) is 1.99. The lowest BCUT2D eigenvalue weighted by Crippen LogP contribution is -2.76. The molecule has 2 aromatic rings. The van der Waals surface area contributed by atoms with E-state index in [1.807, 2.05) is 24.3 Å². The lowest BCUT2D eigenvalue weighted by molar-refractivity contribution is -0.164. The highest BCUT2D eigenvalue weighted by Gasteiger charge is 2.74. The number of ether oxygens (including phenoxy) is 2. The number of nitrogens with zero attached hydrogens (tertiary/aromatic N) is 4. The normalized spacial score (nSPS) is 41.4. The second kappa shape index (κ2) is 9.50. The Morgan fingerprint density at radius 2 is 1.15 bits per heavy atom. The smallest absolute Gasteiger partial charge is 0.166 e. The molecule has 4 aliphatic carbocycles. The van der Waals surface area contributed by atoms with E-state index in [0.717, 1.165) is 46.8 Å². The summed E-state index contributed by atoms with van der Waals surface area (Å²) in [5, 5.41) is 57.4. The van der Waals surface area contributed by atoms with E-state index in [2.05, 4.69) is 23.0 Å². The van der Waals surface area contributed by atoms with E-state index < -0.39 is 34.2 Å². The molecule has 8 aliphatic rings. The van der Waals surface area contributed by atoms with Gasteiger partial charge >= 0.3 is 0 Å². The van der Waals surface area contributed by atoms with Gasteiger partial charge in [0.25, 0.3) is 0 Å². The maximum absolute atomic E-state index is 12.7. The average Bonchev–Trinajstić information content (AvgIpc) is 3.61. The van der Waals surface area contributed by atoms with Crippen LogP contribution in [0.1, 0.15) is 60.8 Å². The van der Waals surface area contributed by atoms with Crippen LogP contribution in [-0.2, 0) is 23.7 Å². The van der Waals surface area contributed by atoms with Crippen LogP contribution in [0.25, 0.3) is 0 Å². The maximum Gasteiger partial charge on any atom is 0.166 e. The van der Waals surface area contributed by atoms with Gasteiger partial charge in [-0.3, -0.25) is 9.80 Å². The lowest BCUT2D eigenvalue weighted by Gasteiger charge is -2.63. The molecule has 2 saturated heterocycles. The third-order valence-corrected chi connectivity index (χ3v) is 13.8. The third kappa shape index (κ3) is 3.15. The first kappa shape index (κ1) is 29.2. The summed E-state index contributed by atoms with van der Waals surface area (Å²) < 4.78 is 13.3. The molecule has 2 saturated carbocycles. The van der Waals surface area contributed by atoms with E-state index in [1.165, 1.54) is 0 Å². The molecule has 2 spiro atoms. The Morgan fingerprint density at radius 1 is 0.708 bits per heavy atom. The first-order valence-electron chi connectivity index (χ1n) is 17.5. The highest BCUT2D eigenvalue weighted by Crippen LogP contribution is 2.66. The molecule has 2 aromatic carbocycles. The molecule has 4 aliphatic heterocycles. The summed E-state index contributed by atoms with van der Waals surface area (Å²) in [6, 6.07) is 7.18. The number of rotatable bonds is 5. The van der Waals surface area contributed by atoms with Crippen molar-refractivity contribution >= 4 is 11.4 Å². The number of phenols is 2. The SMILES string of the molecule is C=CCN1CC[C@]23c4c5ccc(O)c4O[C@H]2/C(=N\N=C2\CC[C@]4(O)[C@H]6Cc7ccc(O)c8c7[C@]4(CCN6CC=C)[C@@H]2O8)CC[C@]3(O)[C@H]1C5. The van der Waals surface area contributed by atoms with Gasteiger partial charge in [0.15, 0.2) is 35.2 Å². The van der Waals surface area contributed by atoms with Crippen LogP contribution in [0.3, 0.4) is 0 Å². The monoisotopic (exact) mass is 650 g/mol. The quantitative estimate of drug-likeness (QED) is 0.287. The van der Waals surface area contributed by atoms with Crippen LogP contribution in [0, 0.1) is 0 Å². The number of benzene rings is 2. The van der Waals surface area contributed by atoms with Crippen molar-refractivity contribution < 1.29 is 29.9 Å². The molecule has 10 nitrogen and oxygen atoms in total. The number of likely N-dealkylation sites (tertiary alicyclic amines) is 2. The van der Waals surface area contributed by atoms with Crippen molar-refractivity contribution in [1.82, 2.24) is 9.80 Å². The van der Waals surface area contributed by atoms with Gasteiger partial charge in [-0.1, -0.05) is 24.3 Å². The van der Waals surface area contributed by atoms with E-state index in [0.29, 0.717) is 76.0 Å². The Bertz CT molecular complexity index is 1740. The standard InChI is InChI=1S/C38H42N4O6/c1-3-15-41-17-13-35-29-21-5-7-25(43)31(29)47-33(35)23(9-11-37(35,45)27(41)19-21)39-40-24-10-12-38(46)28-20-22-6-8-26(44)32-30(22)36(38,34(24)48-32)14-18-42(28)16-4-2/h3-8,27-28,33-34,43-46H,1-2,9-20H2/b39-23-,40-24-/t27-,28-,33-,34+,35-,36+,37+,38+/m1/s1. The average molecular weight is 651 g/mol. The Balaban J connectivity index is 1.08. The van der Waals surface area contributed by atoms with E-state index in [1.54, 1.807) is 12.1 Å². The number of aromatic hydroxyl groups is 2. The Morgan fingerprint density at radius 3 is 1.56 bits per heavy atom. The van der Waals surface area contributed by atoms with Crippen LogP contribution >= 0.6 is 0 Å². The molecule has 4 N–H and O–H groups in total. The summed E-state index contributed by atoms with van der Waals surface area (Å²) >= 11 is 0. The largest absolute Gasteiger partial charge is 0.504 e. The van der Waals surface area contributed by atoms with Gasteiger partial charge in [0.2, 0.25) is 0 Å². The summed E-state index contributed by atoms with van der Waals surface area (Å²) in [6.45, 7) is 10.9. The van der Waals surface area contributed by atoms with Gasteiger partial charge in [-0.15, -0.1) is 13.2 Å². The maximum atomic E-state index is 12.7. The Kier molecular flexibility index (Phi) is 5.79. The minimum Gasteiger partial charge on any atom is -0.504 e. The molecule has 4 bridgehead atoms. The van der Waals surface area contributed by atoms with E-state index in [4.69, 9.17) is 19.7 Å². The van der Waals surface area contributed by atoms with Crippen molar-refractivity contribution in [3.05, 3.63) is 71.8 Å². The van der Waals surface area contributed by atoms with Gasteiger partial charge in [-0.25, -0.2) is 0 Å². The van der Waals surface area contributed by atoms with Gasteiger partial charge in [0.1, 0.15) is 0 Å². The van der Waals surface area contributed by atoms with Crippen molar-refractivity contribution in [1.29, 1.82) is 0 Å². The predicted molar refractivity (Wildman–Crippen MR) is 179 cm³/mol. The lowest BCUT2D eigenvalue weighted by atomic mass is 9.48. The molecule has 10 heteroatoms. The summed E-state index contributed by atoms with van der Waals surface area (Å²) in [5.74, 6) is 1.11. The van der Waals surface area contributed by atoms with Crippen LogP contribution in [0.5, 0.6) is 23.0 Å². The van der Waals surface area contributed by atoms with Crippen molar-refractivity contribution in [2.75, 3.05) is 26.2 Å². The molecule has 48 heavy (non-hydrogen) atoms. The van der Waals surface area contributed by atoms with Crippen LogP contribution < -0.4 is 9.47 Å². The predicted octanol–water partition coefficient (Wildman–Crippen LogP) is 3.28. The van der Waals surface area contributed by atoms with Crippen molar-refractivity contribution in [3.63, 3.8) is 0 Å². The molecule has 10 rings (SSSR count). The molecular formula is C38H42N4O6. The van der Waals surface area contributed by atoms with Crippen molar-refractivity contribution in [2.45, 2.75) is 97.7 Å². The molecule has 250 valence electrons. The van der Waals surface area contributed by atoms with Gasteiger partial charge in [0, 0.05) is 49.4 Å². The molecule has 0 aromatic heterocycles. The number of hydrogen-bond donors (Lipinski definition) is 4. The van der Waals surface area contributed by atoms with Gasteiger partial charge in [-0.2, -0.15) is 10.2 Å². The van der Waals surface area contributed by atoms with Crippen LogP contribution in [-0.4, -0.2) is 103 Å². The Labute approximate surface area is 279 Å².